The lowest BCUT2D eigenvalue weighted by atomic mass is 10.1. The van der Waals surface area contributed by atoms with Crippen molar-refractivity contribution in [2.45, 2.75) is 63.6 Å². The standard InChI is InChI=1S/C19H25N3O3/c1-13(14-7-3-2-4-8-14)22-18(24)16(21-19(22)25)11-12-17(23)20-15-9-5-6-10-15/h2-4,7-8,13,15-16H,5-6,9-12H2,1H3,(H,20,23)(H,21,25). The Labute approximate surface area is 148 Å². The first-order valence-corrected chi connectivity index (χ1v) is 9.04. The fourth-order valence-electron chi connectivity index (χ4n) is 3.64. The normalized spacial score (nSPS) is 22.1. The van der Waals surface area contributed by atoms with Crippen LogP contribution in [0.15, 0.2) is 30.3 Å². The Kier molecular flexibility index (Phi) is 5.36. The van der Waals surface area contributed by atoms with E-state index in [0.717, 1.165) is 31.2 Å². The molecule has 2 unspecified atom stereocenters. The summed E-state index contributed by atoms with van der Waals surface area (Å²) in [6.07, 6.45) is 4.98. The molecule has 2 fully saturated rings. The zero-order valence-electron chi connectivity index (χ0n) is 14.5. The molecule has 2 atom stereocenters. The first-order valence-electron chi connectivity index (χ1n) is 9.04. The molecule has 1 saturated heterocycles. The van der Waals surface area contributed by atoms with Gasteiger partial charge in [-0.2, -0.15) is 0 Å². The fraction of sp³-hybridized carbons (Fsp3) is 0.526. The molecular formula is C19H25N3O3. The van der Waals surface area contributed by atoms with Crippen LogP contribution in [0.1, 0.15) is 57.1 Å². The van der Waals surface area contributed by atoms with E-state index in [9.17, 15) is 14.4 Å². The van der Waals surface area contributed by atoms with Crippen LogP contribution in [0.2, 0.25) is 0 Å². The van der Waals surface area contributed by atoms with E-state index in [-0.39, 0.29) is 36.3 Å². The van der Waals surface area contributed by atoms with E-state index < -0.39 is 6.04 Å². The van der Waals surface area contributed by atoms with E-state index in [1.54, 1.807) is 0 Å². The van der Waals surface area contributed by atoms with Crippen molar-refractivity contribution in [2.24, 2.45) is 0 Å². The van der Waals surface area contributed by atoms with E-state index in [2.05, 4.69) is 10.6 Å². The number of imide groups is 1. The summed E-state index contributed by atoms with van der Waals surface area (Å²) in [4.78, 5) is 38.1. The summed E-state index contributed by atoms with van der Waals surface area (Å²) < 4.78 is 0. The molecule has 3 rings (SSSR count). The smallest absolute Gasteiger partial charge is 0.325 e. The monoisotopic (exact) mass is 343 g/mol. The van der Waals surface area contributed by atoms with Crippen LogP contribution < -0.4 is 10.6 Å². The topological polar surface area (TPSA) is 78.5 Å². The molecule has 2 aliphatic rings. The molecule has 1 heterocycles. The second-order valence-corrected chi connectivity index (χ2v) is 6.88. The molecule has 134 valence electrons. The minimum atomic E-state index is -0.618. The van der Waals surface area contributed by atoms with Gasteiger partial charge in [-0.15, -0.1) is 0 Å². The molecule has 0 bridgehead atoms. The van der Waals surface area contributed by atoms with Gasteiger partial charge >= 0.3 is 6.03 Å². The second-order valence-electron chi connectivity index (χ2n) is 6.88. The van der Waals surface area contributed by atoms with Gasteiger partial charge in [-0.1, -0.05) is 43.2 Å². The Morgan fingerprint density at radius 1 is 1.24 bits per heavy atom. The first-order chi connectivity index (χ1) is 12.1. The van der Waals surface area contributed by atoms with E-state index in [4.69, 9.17) is 0 Å². The summed E-state index contributed by atoms with van der Waals surface area (Å²) >= 11 is 0. The van der Waals surface area contributed by atoms with Crippen molar-refractivity contribution < 1.29 is 14.4 Å². The molecule has 0 aromatic heterocycles. The summed E-state index contributed by atoms with van der Waals surface area (Å²) in [7, 11) is 0. The third-order valence-corrected chi connectivity index (χ3v) is 5.10. The summed E-state index contributed by atoms with van der Waals surface area (Å²) in [5.74, 6) is -0.293. The number of urea groups is 1. The van der Waals surface area contributed by atoms with Gasteiger partial charge in [0.05, 0.1) is 6.04 Å². The van der Waals surface area contributed by atoms with Crippen molar-refractivity contribution in [3.8, 4) is 0 Å². The van der Waals surface area contributed by atoms with Gasteiger partial charge in [0.2, 0.25) is 5.91 Å². The number of hydrogen-bond acceptors (Lipinski definition) is 3. The molecule has 1 aromatic rings. The van der Waals surface area contributed by atoms with Crippen molar-refractivity contribution in [3.63, 3.8) is 0 Å². The Balaban J connectivity index is 1.54. The molecule has 6 nitrogen and oxygen atoms in total. The third-order valence-electron chi connectivity index (χ3n) is 5.10. The maximum atomic E-state index is 12.6. The summed E-state index contributed by atoms with van der Waals surface area (Å²) in [6, 6.07) is 8.40. The van der Waals surface area contributed by atoms with E-state index >= 15 is 0 Å². The molecule has 6 heteroatoms. The Bertz CT molecular complexity index is 641. The van der Waals surface area contributed by atoms with Crippen molar-refractivity contribution >= 4 is 17.8 Å². The largest absolute Gasteiger partial charge is 0.353 e. The average Bonchev–Trinajstić information content (AvgIpc) is 3.21. The first kappa shape index (κ1) is 17.5. The second kappa shape index (κ2) is 7.68. The predicted molar refractivity (Wildman–Crippen MR) is 93.7 cm³/mol. The highest BCUT2D eigenvalue weighted by Crippen LogP contribution is 2.25. The SMILES string of the molecule is CC(c1ccccc1)N1C(=O)NC(CCC(=O)NC2CCCC2)C1=O. The van der Waals surface area contributed by atoms with Crippen LogP contribution >= 0.6 is 0 Å². The van der Waals surface area contributed by atoms with Crippen LogP contribution in [-0.2, 0) is 9.59 Å². The number of hydrogen-bond donors (Lipinski definition) is 2. The zero-order chi connectivity index (χ0) is 17.8. The van der Waals surface area contributed by atoms with Crippen LogP contribution in [0.4, 0.5) is 4.79 Å². The van der Waals surface area contributed by atoms with Gasteiger partial charge in [-0.3, -0.25) is 14.5 Å². The molecular weight excluding hydrogens is 318 g/mol. The Morgan fingerprint density at radius 2 is 1.92 bits per heavy atom. The van der Waals surface area contributed by atoms with E-state index in [1.165, 1.54) is 4.90 Å². The molecule has 25 heavy (non-hydrogen) atoms. The van der Waals surface area contributed by atoms with Crippen molar-refractivity contribution in [3.05, 3.63) is 35.9 Å². The summed E-state index contributed by atoms with van der Waals surface area (Å²) in [5, 5.41) is 5.72. The molecule has 0 radical (unpaired) electrons. The number of benzene rings is 1. The van der Waals surface area contributed by atoms with Gasteiger partial charge in [-0.05, 0) is 31.7 Å². The van der Waals surface area contributed by atoms with Gasteiger partial charge in [0, 0.05) is 12.5 Å². The minimum absolute atomic E-state index is 0.0384. The number of carbonyl (C=O) groups is 3. The maximum Gasteiger partial charge on any atom is 0.325 e. The molecule has 0 spiro atoms. The minimum Gasteiger partial charge on any atom is -0.353 e. The average molecular weight is 343 g/mol. The lowest BCUT2D eigenvalue weighted by Gasteiger charge is -2.22. The quantitative estimate of drug-likeness (QED) is 0.779. The van der Waals surface area contributed by atoms with E-state index in [1.807, 2.05) is 37.3 Å². The van der Waals surface area contributed by atoms with Gasteiger partial charge in [-0.25, -0.2) is 4.79 Å². The molecule has 1 aliphatic carbocycles. The Morgan fingerprint density at radius 3 is 2.60 bits per heavy atom. The molecule has 1 aliphatic heterocycles. The van der Waals surface area contributed by atoms with Gasteiger partial charge in [0.1, 0.15) is 6.04 Å². The number of nitrogens with zero attached hydrogens (tertiary/aromatic N) is 1. The highest BCUT2D eigenvalue weighted by atomic mass is 16.2. The lowest BCUT2D eigenvalue weighted by Crippen LogP contribution is -2.36. The summed E-state index contributed by atoms with van der Waals surface area (Å²) in [6.45, 7) is 1.84. The van der Waals surface area contributed by atoms with Gasteiger partial charge in [0.15, 0.2) is 0 Å². The third kappa shape index (κ3) is 4.00. The molecule has 1 aromatic carbocycles. The number of amides is 4. The number of carbonyl (C=O) groups excluding carboxylic acids is 3. The van der Waals surface area contributed by atoms with Gasteiger partial charge in [0.25, 0.3) is 5.91 Å². The highest BCUT2D eigenvalue weighted by molar-refractivity contribution is 6.04. The maximum absolute atomic E-state index is 12.6. The predicted octanol–water partition coefficient (Wildman–Crippen LogP) is 2.51. The van der Waals surface area contributed by atoms with Crippen molar-refractivity contribution in [1.82, 2.24) is 15.5 Å². The van der Waals surface area contributed by atoms with Crippen LogP contribution in [-0.4, -0.2) is 34.8 Å². The Hall–Kier alpha value is -2.37. The van der Waals surface area contributed by atoms with Crippen molar-refractivity contribution in [1.29, 1.82) is 0 Å². The summed E-state index contributed by atoms with van der Waals surface area (Å²) in [5.41, 5.74) is 0.908. The highest BCUT2D eigenvalue weighted by Gasteiger charge is 2.40. The van der Waals surface area contributed by atoms with Gasteiger partial charge < -0.3 is 10.6 Å². The van der Waals surface area contributed by atoms with E-state index in [0.29, 0.717) is 6.42 Å². The molecule has 1 saturated carbocycles. The van der Waals surface area contributed by atoms with Crippen LogP contribution in [0.3, 0.4) is 0 Å². The molecule has 2 N–H and O–H groups in total. The number of nitrogens with one attached hydrogen (secondary N) is 2. The molecule has 4 amide bonds. The zero-order valence-corrected chi connectivity index (χ0v) is 14.5. The van der Waals surface area contributed by atoms with Crippen LogP contribution in [0, 0.1) is 0 Å². The van der Waals surface area contributed by atoms with Crippen LogP contribution in [0.25, 0.3) is 0 Å². The van der Waals surface area contributed by atoms with Crippen molar-refractivity contribution in [2.75, 3.05) is 0 Å². The lowest BCUT2D eigenvalue weighted by molar-refractivity contribution is -0.129. The van der Waals surface area contributed by atoms with Crippen LogP contribution in [0.5, 0.6) is 0 Å². The number of rotatable bonds is 6. The fourth-order valence-corrected chi connectivity index (χ4v) is 3.64.